The SMILES string of the molecule is FC(F)C(F)(F)C(F)(F)C(F)(F)C(F)(F)C(F)(F)C(F)(F)C(F)(F)C(F)(F)C(F)(F)C(F)(F)C(F)(F)C(F)(F)C(F)(F)C(F)(F)C(F)(F)C(F)(F)C(F)(F)C(F)(F)C(F)(F)C(F)(F)C(F)(F)C(F)(F)C(F)(F)C(F)(F)C(F)(F)F. The molecule has 0 bridgehead atoms. The van der Waals surface area contributed by atoms with Crippen LogP contribution in [0.1, 0.15) is 0 Å². The van der Waals surface area contributed by atoms with Crippen molar-refractivity contribution in [1.82, 2.24) is 0 Å². The van der Waals surface area contributed by atoms with E-state index in [2.05, 4.69) is 0 Å². The summed E-state index contributed by atoms with van der Waals surface area (Å²) < 4.78 is 722. The molecular weight excluding hydrogens is 1320 g/mol. The van der Waals surface area contributed by atoms with Crippen LogP contribution in [-0.4, -0.2) is 155 Å². The normalized spacial score (nSPS) is 17.5. The van der Waals surface area contributed by atoms with Crippen molar-refractivity contribution in [2.45, 2.75) is 155 Å². The summed E-state index contributed by atoms with van der Waals surface area (Å²) in [5.41, 5.74) is 0. The van der Waals surface area contributed by atoms with Gasteiger partial charge in [0, 0.05) is 0 Å². The predicted octanol–water partition coefficient (Wildman–Crippen LogP) is 17.1. The molecule has 0 rings (SSSR count). The lowest BCUT2D eigenvalue weighted by Crippen LogP contribution is -2.81. The fourth-order valence-electron chi connectivity index (χ4n) is 4.66. The lowest BCUT2D eigenvalue weighted by Gasteiger charge is -2.48. The first kappa shape index (κ1) is 75.3. The Morgan fingerprint density at radius 3 is 0.266 bits per heavy atom. The zero-order chi connectivity index (χ0) is 66.1. The third-order valence-electron chi connectivity index (χ3n) is 9.72. The Labute approximate surface area is 389 Å². The van der Waals surface area contributed by atoms with Gasteiger partial charge < -0.3 is 0 Å². The van der Waals surface area contributed by atoms with E-state index in [0.717, 1.165) is 0 Å². The van der Waals surface area contributed by atoms with Crippen molar-refractivity contribution >= 4 is 0 Å². The van der Waals surface area contributed by atoms with Crippen LogP contribution in [0.3, 0.4) is 0 Å². The van der Waals surface area contributed by atoms with Gasteiger partial charge >= 0.3 is 155 Å². The van der Waals surface area contributed by atoms with Crippen molar-refractivity contribution in [3.05, 3.63) is 0 Å². The molecule has 0 amide bonds. The summed E-state index contributed by atoms with van der Waals surface area (Å²) >= 11 is 0. The quantitative estimate of drug-likeness (QED) is 0.0845. The van der Waals surface area contributed by atoms with Gasteiger partial charge in [-0.05, 0) is 0 Å². The van der Waals surface area contributed by atoms with Crippen molar-refractivity contribution in [3.63, 3.8) is 0 Å². The van der Waals surface area contributed by atoms with Crippen molar-refractivity contribution in [1.29, 1.82) is 0 Å². The summed E-state index contributed by atoms with van der Waals surface area (Å²) in [6, 6.07) is 0. The average molecular weight is 1320 g/mol. The van der Waals surface area contributed by atoms with Gasteiger partial charge in [-0.1, -0.05) is 0 Å². The van der Waals surface area contributed by atoms with E-state index in [1.165, 1.54) is 0 Å². The molecular formula is C26HF53. The number of rotatable bonds is 24. The van der Waals surface area contributed by atoms with E-state index in [1.807, 2.05) is 0 Å². The molecule has 0 nitrogen and oxygen atoms in total. The highest BCUT2D eigenvalue weighted by Crippen LogP contribution is 2.73. The highest BCUT2D eigenvalue weighted by molar-refractivity contribution is 5.25. The fourth-order valence-corrected chi connectivity index (χ4v) is 4.66. The number of hydrogen-bond donors (Lipinski definition) is 0. The van der Waals surface area contributed by atoms with E-state index in [9.17, 15) is 233 Å². The molecule has 0 aliphatic carbocycles. The van der Waals surface area contributed by atoms with Gasteiger partial charge in [-0.2, -0.15) is 224 Å². The van der Waals surface area contributed by atoms with Crippen molar-refractivity contribution in [2.75, 3.05) is 0 Å². The monoisotopic (exact) mass is 1320 g/mol. The Hall–Kier alpha value is -3.71. The summed E-state index contributed by atoms with van der Waals surface area (Å²) in [6.07, 6.45) is -15.4. The molecule has 53 heteroatoms. The van der Waals surface area contributed by atoms with Crippen LogP contribution in [0.4, 0.5) is 233 Å². The van der Waals surface area contributed by atoms with Crippen molar-refractivity contribution in [2.24, 2.45) is 0 Å². The summed E-state index contributed by atoms with van der Waals surface area (Å²) in [5, 5.41) is 0. The number of alkyl halides is 53. The Morgan fingerprint density at radius 1 is 0.114 bits per heavy atom. The smallest absolute Gasteiger partial charge is 0.203 e. The van der Waals surface area contributed by atoms with Gasteiger partial charge in [0.25, 0.3) is 0 Å². The summed E-state index contributed by atoms with van der Waals surface area (Å²) in [5.74, 6) is -250. The van der Waals surface area contributed by atoms with Gasteiger partial charge in [-0.15, -0.1) is 0 Å². The molecule has 0 aliphatic rings. The van der Waals surface area contributed by atoms with E-state index in [-0.39, 0.29) is 0 Å². The second kappa shape index (κ2) is 17.9. The van der Waals surface area contributed by atoms with Crippen LogP contribution in [0.5, 0.6) is 0 Å². The fraction of sp³-hybridized carbons (Fsp3) is 1.00. The third kappa shape index (κ3) is 8.15. The van der Waals surface area contributed by atoms with Crippen LogP contribution in [-0.2, 0) is 0 Å². The zero-order valence-corrected chi connectivity index (χ0v) is 33.1. The van der Waals surface area contributed by atoms with Gasteiger partial charge in [0.1, 0.15) is 0 Å². The first-order valence-electron chi connectivity index (χ1n) is 16.4. The Kier molecular flexibility index (Phi) is 17.1. The summed E-state index contributed by atoms with van der Waals surface area (Å²) in [4.78, 5) is 0. The maximum absolute atomic E-state index is 14.1. The van der Waals surface area contributed by atoms with Crippen molar-refractivity contribution in [3.8, 4) is 0 Å². The van der Waals surface area contributed by atoms with Crippen LogP contribution >= 0.6 is 0 Å². The van der Waals surface area contributed by atoms with E-state index in [1.54, 1.807) is 0 Å². The molecule has 0 atom stereocenters. The van der Waals surface area contributed by atoms with Crippen LogP contribution in [0.15, 0.2) is 0 Å². The van der Waals surface area contributed by atoms with Gasteiger partial charge in [0.05, 0.1) is 0 Å². The molecule has 0 radical (unpaired) electrons. The minimum Gasteiger partial charge on any atom is -0.203 e. The van der Waals surface area contributed by atoms with Crippen molar-refractivity contribution < 1.29 is 233 Å². The highest BCUT2D eigenvalue weighted by atomic mass is 19.5. The predicted molar refractivity (Wildman–Crippen MR) is 131 cm³/mol. The van der Waals surface area contributed by atoms with Crippen LogP contribution < -0.4 is 0 Å². The Balaban J connectivity index is 8.24. The van der Waals surface area contributed by atoms with Crippen LogP contribution in [0.25, 0.3) is 0 Å². The maximum Gasteiger partial charge on any atom is 0.460 e. The standard InChI is InChI=1S/C26HF53/c27-1(28)2(29,30)3(31,32)4(33,34)5(35,36)6(37,38)7(39,40)8(41,42)9(43,44)10(45,46)11(47,48)12(49,50)13(51,52)14(53,54)15(55,56)16(57,58)17(59,60)18(61,62)19(63,64)20(65,66)21(67,68)22(69,70)23(71,72)24(73,74)25(75,76)26(77,78)79/h1H. The molecule has 0 spiro atoms. The lowest BCUT2D eigenvalue weighted by molar-refractivity contribution is -0.499. The van der Waals surface area contributed by atoms with Gasteiger partial charge in [0.15, 0.2) is 0 Å². The highest BCUT2D eigenvalue weighted by Gasteiger charge is 3.05. The van der Waals surface area contributed by atoms with E-state index in [4.69, 9.17) is 0 Å². The van der Waals surface area contributed by atoms with E-state index in [0.29, 0.717) is 0 Å². The Bertz CT molecular complexity index is 2190. The first-order chi connectivity index (χ1) is 32.9. The van der Waals surface area contributed by atoms with E-state index < -0.39 is 155 Å². The molecule has 79 heavy (non-hydrogen) atoms. The third-order valence-corrected chi connectivity index (χ3v) is 9.72. The molecule has 476 valence electrons. The summed E-state index contributed by atoms with van der Waals surface area (Å²) in [7, 11) is 0. The molecule has 0 N–H and O–H groups in total. The molecule has 0 saturated carbocycles. The molecule has 0 aromatic carbocycles. The van der Waals surface area contributed by atoms with E-state index >= 15 is 0 Å². The van der Waals surface area contributed by atoms with Crippen LogP contribution in [0, 0.1) is 0 Å². The number of halogens is 53. The minimum absolute atomic E-state index is 6.74. The lowest BCUT2D eigenvalue weighted by atomic mass is 9.81. The maximum atomic E-state index is 14.1. The molecule has 0 aromatic rings. The summed E-state index contributed by atoms with van der Waals surface area (Å²) in [6.45, 7) is 0. The van der Waals surface area contributed by atoms with Crippen LogP contribution in [0.2, 0.25) is 0 Å². The molecule has 0 saturated heterocycles. The molecule has 0 heterocycles. The molecule has 0 unspecified atom stereocenters. The second-order valence-corrected chi connectivity index (χ2v) is 14.6. The molecule has 0 aliphatic heterocycles. The molecule has 0 aromatic heterocycles. The average Bonchev–Trinajstić information content (AvgIpc) is 3.21. The van der Waals surface area contributed by atoms with Gasteiger partial charge in [-0.3, -0.25) is 0 Å². The topological polar surface area (TPSA) is 0 Å². The minimum atomic E-state index is -11.0. The Morgan fingerprint density at radius 2 is 0.190 bits per heavy atom. The number of hydrogen-bond acceptors (Lipinski definition) is 0. The van der Waals surface area contributed by atoms with Gasteiger partial charge in [-0.25, -0.2) is 8.78 Å². The second-order valence-electron chi connectivity index (χ2n) is 14.6. The first-order valence-corrected chi connectivity index (χ1v) is 16.4. The largest absolute Gasteiger partial charge is 0.460 e. The van der Waals surface area contributed by atoms with Gasteiger partial charge in [0.2, 0.25) is 0 Å². The molecule has 0 fully saturated rings. The zero-order valence-electron chi connectivity index (χ0n) is 33.1.